The Kier molecular flexibility index (Phi) is 4.58. The van der Waals surface area contributed by atoms with Crippen molar-refractivity contribution in [3.05, 3.63) is 16.8 Å². The number of urea groups is 1. The molecule has 0 spiro atoms. The van der Waals surface area contributed by atoms with Crippen molar-refractivity contribution in [2.75, 3.05) is 18.5 Å². The van der Waals surface area contributed by atoms with Crippen LogP contribution in [0.1, 0.15) is 13.8 Å². The van der Waals surface area contributed by atoms with Crippen LogP contribution in [0.2, 0.25) is 0 Å². The molecule has 1 aromatic rings. The van der Waals surface area contributed by atoms with Crippen LogP contribution in [0.25, 0.3) is 0 Å². The minimum atomic E-state index is -0.169. The van der Waals surface area contributed by atoms with Gasteiger partial charge in [-0.3, -0.25) is 0 Å². The molecule has 2 amide bonds. The molecule has 0 bridgehead atoms. The van der Waals surface area contributed by atoms with Gasteiger partial charge in [0.15, 0.2) is 0 Å². The fraction of sp³-hybridized carbons (Fsp3) is 0.500. The topological polar surface area (TPSA) is 52.6 Å². The number of anilines is 1. The molecule has 0 radical (unpaired) electrons. The molecule has 1 heterocycles. The second-order valence-electron chi connectivity index (χ2n) is 3.45. The molecule has 1 aromatic heterocycles. The van der Waals surface area contributed by atoms with Gasteiger partial charge in [-0.15, -0.1) is 0 Å². The van der Waals surface area contributed by atoms with Crippen LogP contribution in [-0.2, 0) is 0 Å². The Bertz CT molecular complexity index is 298. The van der Waals surface area contributed by atoms with Gasteiger partial charge in [0.1, 0.15) is 0 Å². The number of nitrogens with zero attached hydrogens (tertiary/aromatic N) is 1. The largest absolute Gasteiger partial charge is 0.395 e. The lowest BCUT2D eigenvalue weighted by Gasteiger charge is -2.25. The van der Waals surface area contributed by atoms with Gasteiger partial charge in [-0.2, -0.15) is 11.3 Å². The number of carbonyl (C=O) groups is 1. The summed E-state index contributed by atoms with van der Waals surface area (Å²) >= 11 is 1.53. The predicted molar refractivity (Wildman–Crippen MR) is 62.3 cm³/mol. The average molecular weight is 228 g/mol. The summed E-state index contributed by atoms with van der Waals surface area (Å²) in [5.41, 5.74) is 0.800. The lowest BCUT2D eigenvalue weighted by atomic mass is 10.3. The number of rotatable bonds is 4. The second-order valence-corrected chi connectivity index (χ2v) is 4.23. The van der Waals surface area contributed by atoms with Gasteiger partial charge in [0.2, 0.25) is 0 Å². The van der Waals surface area contributed by atoms with Crippen molar-refractivity contribution in [1.82, 2.24) is 4.90 Å². The summed E-state index contributed by atoms with van der Waals surface area (Å²) in [6.07, 6.45) is 0. The van der Waals surface area contributed by atoms with Gasteiger partial charge in [-0.25, -0.2) is 4.79 Å². The number of aliphatic hydroxyl groups excluding tert-OH is 1. The van der Waals surface area contributed by atoms with E-state index in [1.165, 1.54) is 11.3 Å². The monoisotopic (exact) mass is 228 g/mol. The number of hydrogen-bond acceptors (Lipinski definition) is 3. The molecule has 0 aliphatic heterocycles. The summed E-state index contributed by atoms with van der Waals surface area (Å²) in [4.78, 5) is 13.3. The molecule has 84 valence electrons. The lowest BCUT2D eigenvalue weighted by Crippen LogP contribution is -2.41. The summed E-state index contributed by atoms with van der Waals surface area (Å²) < 4.78 is 0. The van der Waals surface area contributed by atoms with Crippen molar-refractivity contribution in [2.45, 2.75) is 19.9 Å². The molecular weight excluding hydrogens is 212 g/mol. The Hall–Kier alpha value is -1.07. The normalized spacial score (nSPS) is 10.4. The molecule has 0 saturated heterocycles. The first-order valence-electron chi connectivity index (χ1n) is 4.86. The van der Waals surface area contributed by atoms with Crippen molar-refractivity contribution in [1.29, 1.82) is 0 Å². The highest BCUT2D eigenvalue weighted by molar-refractivity contribution is 7.08. The van der Waals surface area contributed by atoms with Gasteiger partial charge in [0.05, 0.1) is 12.3 Å². The molecule has 15 heavy (non-hydrogen) atoms. The molecule has 0 unspecified atom stereocenters. The van der Waals surface area contributed by atoms with E-state index in [0.717, 1.165) is 5.69 Å². The average Bonchev–Trinajstić information content (AvgIpc) is 2.65. The molecule has 0 aliphatic rings. The molecular formula is C10H16N2O2S. The third kappa shape index (κ3) is 3.53. The van der Waals surface area contributed by atoms with Crippen molar-refractivity contribution in [3.63, 3.8) is 0 Å². The predicted octanol–water partition coefficient (Wildman–Crippen LogP) is 1.98. The first-order valence-corrected chi connectivity index (χ1v) is 5.80. The third-order valence-corrected chi connectivity index (χ3v) is 2.68. The zero-order valence-electron chi connectivity index (χ0n) is 8.93. The van der Waals surface area contributed by atoms with Crippen LogP contribution < -0.4 is 5.32 Å². The van der Waals surface area contributed by atoms with E-state index in [2.05, 4.69) is 5.32 Å². The minimum absolute atomic E-state index is 0.0186. The maximum absolute atomic E-state index is 11.8. The van der Waals surface area contributed by atoms with E-state index in [0.29, 0.717) is 6.54 Å². The van der Waals surface area contributed by atoms with Gasteiger partial charge in [-0.05, 0) is 25.3 Å². The van der Waals surface area contributed by atoms with E-state index in [1.807, 2.05) is 30.7 Å². The number of amides is 2. The van der Waals surface area contributed by atoms with Crippen molar-refractivity contribution in [2.24, 2.45) is 0 Å². The minimum Gasteiger partial charge on any atom is -0.395 e. The van der Waals surface area contributed by atoms with Gasteiger partial charge < -0.3 is 15.3 Å². The maximum atomic E-state index is 11.8. The van der Waals surface area contributed by atoms with Crippen LogP contribution in [-0.4, -0.2) is 35.2 Å². The van der Waals surface area contributed by atoms with Crippen LogP contribution in [0.4, 0.5) is 10.5 Å². The number of nitrogens with one attached hydrogen (secondary N) is 1. The zero-order valence-corrected chi connectivity index (χ0v) is 9.75. The fourth-order valence-electron chi connectivity index (χ4n) is 1.23. The van der Waals surface area contributed by atoms with E-state index in [1.54, 1.807) is 4.90 Å². The summed E-state index contributed by atoms with van der Waals surface area (Å²) in [6.45, 7) is 4.18. The molecule has 1 rings (SSSR count). The van der Waals surface area contributed by atoms with Crippen LogP contribution >= 0.6 is 11.3 Å². The molecule has 0 atom stereocenters. The molecule has 0 aromatic carbocycles. The zero-order chi connectivity index (χ0) is 11.3. The summed E-state index contributed by atoms with van der Waals surface area (Å²) in [7, 11) is 0. The highest BCUT2D eigenvalue weighted by Gasteiger charge is 2.15. The quantitative estimate of drug-likeness (QED) is 0.828. The lowest BCUT2D eigenvalue weighted by molar-refractivity contribution is 0.172. The van der Waals surface area contributed by atoms with Crippen LogP contribution in [0.5, 0.6) is 0 Å². The van der Waals surface area contributed by atoms with Crippen LogP contribution in [0.3, 0.4) is 0 Å². The Morgan fingerprint density at radius 1 is 1.67 bits per heavy atom. The van der Waals surface area contributed by atoms with E-state index in [9.17, 15) is 4.79 Å². The molecule has 4 nitrogen and oxygen atoms in total. The van der Waals surface area contributed by atoms with Gasteiger partial charge in [0, 0.05) is 18.0 Å². The molecule has 0 aliphatic carbocycles. The van der Waals surface area contributed by atoms with Crippen LogP contribution in [0.15, 0.2) is 16.8 Å². The van der Waals surface area contributed by atoms with Gasteiger partial charge in [0.25, 0.3) is 0 Å². The molecule has 0 saturated carbocycles. The molecule has 2 N–H and O–H groups in total. The Morgan fingerprint density at radius 3 is 2.87 bits per heavy atom. The van der Waals surface area contributed by atoms with E-state index in [4.69, 9.17) is 5.11 Å². The van der Waals surface area contributed by atoms with Crippen LogP contribution in [0, 0.1) is 0 Å². The first-order chi connectivity index (χ1) is 7.15. The Balaban J connectivity index is 2.56. The number of hydrogen-bond donors (Lipinski definition) is 2. The highest BCUT2D eigenvalue weighted by Crippen LogP contribution is 2.13. The number of carbonyl (C=O) groups excluding carboxylic acids is 1. The Morgan fingerprint density at radius 2 is 2.40 bits per heavy atom. The number of aliphatic hydroxyl groups is 1. The fourth-order valence-corrected chi connectivity index (χ4v) is 1.82. The third-order valence-electron chi connectivity index (χ3n) is 2.00. The highest BCUT2D eigenvalue weighted by atomic mass is 32.1. The Labute approximate surface area is 93.5 Å². The van der Waals surface area contributed by atoms with E-state index < -0.39 is 0 Å². The van der Waals surface area contributed by atoms with E-state index in [-0.39, 0.29) is 18.7 Å². The summed E-state index contributed by atoms with van der Waals surface area (Å²) in [5.74, 6) is 0. The SMILES string of the molecule is CC(C)N(CCO)C(=O)Nc1ccsc1. The van der Waals surface area contributed by atoms with Gasteiger partial charge >= 0.3 is 6.03 Å². The van der Waals surface area contributed by atoms with Gasteiger partial charge in [-0.1, -0.05) is 0 Å². The maximum Gasteiger partial charge on any atom is 0.322 e. The second kappa shape index (κ2) is 5.72. The summed E-state index contributed by atoms with van der Waals surface area (Å²) in [6, 6.07) is 1.76. The smallest absolute Gasteiger partial charge is 0.322 e. The van der Waals surface area contributed by atoms with Crippen molar-refractivity contribution >= 4 is 23.1 Å². The molecule has 5 heteroatoms. The summed E-state index contributed by atoms with van der Waals surface area (Å²) in [5, 5.41) is 15.4. The number of thiophene rings is 1. The molecule has 0 fully saturated rings. The van der Waals surface area contributed by atoms with Crippen molar-refractivity contribution < 1.29 is 9.90 Å². The van der Waals surface area contributed by atoms with Crippen molar-refractivity contribution in [3.8, 4) is 0 Å². The first kappa shape index (κ1) is 12.0. The standard InChI is InChI=1S/C10H16N2O2S/c1-8(2)12(4-5-13)10(14)11-9-3-6-15-7-9/h3,6-8,13H,4-5H2,1-2H3,(H,11,14). The van der Waals surface area contributed by atoms with E-state index >= 15 is 0 Å².